The molecule has 0 fully saturated rings. The van der Waals surface area contributed by atoms with E-state index in [0.717, 1.165) is 6.42 Å². The van der Waals surface area contributed by atoms with Crippen LogP contribution in [0.3, 0.4) is 0 Å². The van der Waals surface area contributed by atoms with Crippen molar-refractivity contribution in [1.29, 1.82) is 0 Å². The van der Waals surface area contributed by atoms with E-state index in [-0.39, 0.29) is 6.04 Å². The van der Waals surface area contributed by atoms with E-state index in [1.807, 2.05) is 0 Å². The Labute approximate surface area is 113 Å². The number of hydrogen-bond acceptors (Lipinski definition) is 1. The molecule has 0 radical (unpaired) electrons. The third-order valence-electron chi connectivity index (χ3n) is 4.39. The van der Waals surface area contributed by atoms with Crippen LogP contribution in [-0.2, 0) is 6.42 Å². The quantitative estimate of drug-likeness (QED) is 0.588. The van der Waals surface area contributed by atoms with Crippen molar-refractivity contribution in [3.8, 4) is 0 Å². The maximum atomic E-state index is 6.36. The minimum Gasteiger partial charge on any atom is -0.324 e. The lowest BCUT2D eigenvalue weighted by molar-refractivity contribution is 0.575. The maximum Gasteiger partial charge on any atom is 0.0303 e. The predicted octanol–water partition coefficient (Wildman–Crippen LogP) is 4.33. The molecule has 1 nitrogen and oxygen atoms in total. The number of fused-ring (bicyclic) bond motifs is 5. The van der Waals surface area contributed by atoms with Crippen LogP contribution in [-0.4, -0.2) is 0 Å². The van der Waals surface area contributed by atoms with Gasteiger partial charge in [0.05, 0.1) is 0 Å². The molecule has 0 spiro atoms. The van der Waals surface area contributed by atoms with Gasteiger partial charge in [0.1, 0.15) is 0 Å². The Bertz CT molecular complexity index is 773. The molecule has 1 aliphatic rings. The van der Waals surface area contributed by atoms with E-state index in [1.54, 1.807) is 0 Å². The summed E-state index contributed by atoms with van der Waals surface area (Å²) in [5.41, 5.74) is 9.19. The molecular formula is C18H17N. The minimum absolute atomic E-state index is 0.202. The van der Waals surface area contributed by atoms with Crippen LogP contribution in [0.15, 0.2) is 48.5 Å². The zero-order valence-electron chi connectivity index (χ0n) is 10.9. The average Bonchev–Trinajstić information content (AvgIpc) is 2.46. The van der Waals surface area contributed by atoms with E-state index in [2.05, 4.69) is 48.5 Å². The first kappa shape index (κ1) is 11.0. The molecule has 1 unspecified atom stereocenters. The fraction of sp³-hybridized carbons (Fsp3) is 0.222. The van der Waals surface area contributed by atoms with E-state index in [1.165, 1.54) is 45.5 Å². The highest BCUT2D eigenvalue weighted by Gasteiger charge is 2.19. The van der Waals surface area contributed by atoms with E-state index in [4.69, 9.17) is 5.73 Å². The van der Waals surface area contributed by atoms with Gasteiger partial charge in [0.15, 0.2) is 0 Å². The number of aryl methyl sites for hydroxylation is 1. The molecule has 94 valence electrons. The standard InChI is InChI=1S/C18H17N/c19-17-7-3-5-13-9-10-15-14-6-2-1-4-12(14)8-11-16(15)18(13)17/h1-2,4,6,8-11,17H,3,5,7,19H2. The zero-order valence-corrected chi connectivity index (χ0v) is 10.9. The number of hydrogen-bond donors (Lipinski definition) is 1. The molecule has 0 amide bonds. The lowest BCUT2D eigenvalue weighted by atomic mass is 9.84. The Morgan fingerprint density at radius 1 is 0.842 bits per heavy atom. The van der Waals surface area contributed by atoms with Crippen molar-refractivity contribution in [2.45, 2.75) is 25.3 Å². The smallest absolute Gasteiger partial charge is 0.0303 e. The second-order valence-electron chi connectivity index (χ2n) is 5.52. The Hall–Kier alpha value is -1.86. The molecule has 0 saturated carbocycles. The van der Waals surface area contributed by atoms with Gasteiger partial charge in [0.25, 0.3) is 0 Å². The highest BCUT2D eigenvalue weighted by atomic mass is 14.6. The fourth-order valence-corrected chi connectivity index (χ4v) is 3.47. The van der Waals surface area contributed by atoms with Crippen LogP contribution in [0.1, 0.15) is 30.0 Å². The van der Waals surface area contributed by atoms with Crippen molar-refractivity contribution >= 4 is 21.5 Å². The van der Waals surface area contributed by atoms with Gasteiger partial charge in [0.2, 0.25) is 0 Å². The van der Waals surface area contributed by atoms with Crippen molar-refractivity contribution in [3.63, 3.8) is 0 Å². The predicted molar refractivity (Wildman–Crippen MR) is 81.3 cm³/mol. The summed E-state index contributed by atoms with van der Waals surface area (Å²) >= 11 is 0. The van der Waals surface area contributed by atoms with Gasteiger partial charge in [-0.1, -0.05) is 48.5 Å². The average molecular weight is 247 g/mol. The summed E-state index contributed by atoms with van der Waals surface area (Å²) in [7, 11) is 0. The van der Waals surface area contributed by atoms with Gasteiger partial charge in [-0.15, -0.1) is 0 Å². The third-order valence-corrected chi connectivity index (χ3v) is 4.39. The second-order valence-corrected chi connectivity index (χ2v) is 5.52. The van der Waals surface area contributed by atoms with Crippen LogP contribution in [0, 0.1) is 0 Å². The summed E-state index contributed by atoms with van der Waals surface area (Å²) in [6.07, 6.45) is 3.50. The number of benzene rings is 3. The highest BCUT2D eigenvalue weighted by Crippen LogP contribution is 2.36. The van der Waals surface area contributed by atoms with Crippen LogP contribution in [0.4, 0.5) is 0 Å². The lowest BCUT2D eigenvalue weighted by Crippen LogP contribution is -2.17. The minimum atomic E-state index is 0.202. The summed E-state index contributed by atoms with van der Waals surface area (Å²) in [6, 6.07) is 17.8. The van der Waals surface area contributed by atoms with Crippen LogP contribution in [0.25, 0.3) is 21.5 Å². The van der Waals surface area contributed by atoms with Crippen molar-refractivity contribution in [2.24, 2.45) is 5.73 Å². The van der Waals surface area contributed by atoms with Gasteiger partial charge < -0.3 is 5.73 Å². The van der Waals surface area contributed by atoms with Crippen LogP contribution in [0.2, 0.25) is 0 Å². The van der Waals surface area contributed by atoms with Gasteiger partial charge in [0, 0.05) is 6.04 Å². The highest BCUT2D eigenvalue weighted by molar-refractivity contribution is 6.08. The van der Waals surface area contributed by atoms with E-state index in [9.17, 15) is 0 Å². The number of rotatable bonds is 0. The SMILES string of the molecule is NC1CCCc2ccc3c(ccc4ccccc43)c21. The Balaban J connectivity index is 2.15. The van der Waals surface area contributed by atoms with E-state index >= 15 is 0 Å². The lowest BCUT2D eigenvalue weighted by Gasteiger charge is -2.24. The summed E-state index contributed by atoms with van der Waals surface area (Å²) < 4.78 is 0. The summed E-state index contributed by atoms with van der Waals surface area (Å²) in [5, 5.41) is 5.33. The monoisotopic (exact) mass is 247 g/mol. The molecule has 1 aliphatic carbocycles. The second kappa shape index (κ2) is 4.07. The summed E-state index contributed by atoms with van der Waals surface area (Å²) in [5.74, 6) is 0. The molecular weight excluding hydrogens is 230 g/mol. The van der Waals surface area contributed by atoms with Crippen molar-refractivity contribution < 1.29 is 0 Å². The molecule has 3 aromatic rings. The molecule has 0 aliphatic heterocycles. The van der Waals surface area contributed by atoms with E-state index in [0.29, 0.717) is 0 Å². The van der Waals surface area contributed by atoms with Gasteiger partial charge in [-0.25, -0.2) is 0 Å². The molecule has 4 rings (SSSR count). The van der Waals surface area contributed by atoms with Gasteiger partial charge in [-0.3, -0.25) is 0 Å². The van der Waals surface area contributed by atoms with Gasteiger partial charge in [-0.05, 0) is 51.9 Å². The molecule has 0 saturated heterocycles. The molecule has 2 N–H and O–H groups in total. The molecule has 0 bridgehead atoms. The Kier molecular flexibility index (Phi) is 2.36. The summed E-state index contributed by atoms with van der Waals surface area (Å²) in [4.78, 5) is 0. The van der Waals surface area contributed by atoms with Gasteiger partial charge >= 0.3 is 0 Å². The molecule has 0 aromatic heterocycles. The normalized spacial score (nSPS) is 18.7. The van der Waals surface area contributed by atoms with Crippen molar-refractivity contribution in [1.82, 2.24) is 0 Å². The molecule has 19 heavy (non-hydrogen) atoms. The Morgan fingerprint density at radius 2 is 1.68 bits per heavy atom. The zero-order chi connectivity index (χ0) is 12.8. The first-order chi connectivity index (χ1) is 9.34. The Morgan fingerprint density at radius 3 is 2.63 bits per heavy atom. The first-order valence-corrected chi connectivity index (χ1v) is 7.03. The summed E-state index contributed by atoms with van der Waals surface area (Å²) in [6.45, 7) is 0. The number of nitrogens with two attached hydrogens (primary N) is 1. The van der Waals surface area contributed by atoms with E-state index < -0.39 is 0 Å². The van der Waals surface area contributed by atoms with Crippen molar-refractivity contribution in [2.75, 3.05) is 0 Å². The topological polar surface area (TPSA) is 26.0 Å². The van der Waals surface area contributed by atoms with Crippen LogP contribution >= 0.6 is 0 Å². The third kappa shape index (κ3) is 1.58. The molecule has 1 heteroatoms. The maximum absolute atomic E-state index is 6.36. The van der Waals surface area contributed by atoms with Crippen LogP contribution in [0.5, 0.6) is 0 Å². The van der Waals surface area contributed by atoms with Crippen molar-refractivity contribution in [3.05, 3.63) is 59.7 Å². The molecule has 0 heterocycles. The fourth-order valence-electron chi connectivity index (χ4n) is 3.47. The first-order valence-electron chi connectivity index (χ1n) is 7.03. The van der Waals surface area contributed by atoms with Crippen LogP contribution < -0.4 is 5.73 Å². The largest absolute Gasteiger partial charge is 0.324 e. The van der Waals surface area contributed by atoms with Gasteiger partial charge in [-0.2, -0.15) is 0 Å². The molecule has 3 aromatic carbocycles. The molecule has 1 atom stereocenters.